The summed E-state index contributed by atoms with van der Waals surface area (Å²) < 4.78 is 0. The molecule has 0 aliphatic carbocycles. The first kappa shape index (κ1) is 16.0. The lowest BCUT2D eigenvalue weighted by molar-refractivity contribution is 0.402. The second-order valence-corrected chi connectivity index (χ2v) is 8.08. The zero-order chi connectivity index (χ0) is 17.0. The summed E-state index contributed by atoms with van der Waals surface area (Å²) >= 11 is 12.6. The fourth-order valence-electron chi connectivity index (χ4n) is 4.77. The van der Waals surface area contributed by atoms with Gasteiger partial charge in [0.05, 0.1) is 0 Å². The normalized spacial score (nSPS) is 24.6. The Morgan fingerprint density at radius 3 is 2.84 bits per heavy atom. The molecule has 1 fully saturated rings. The van der Waals surface area contributed by atoms with E-state index in [2.05, 4.69) is 27.7 Å². The van der Waals surface area contributed by atoms with Gasteiger partial charge in [0.25, 0.3) is 0 Å². The van der Waals surface area contributed by atoms with Crippen molar-refractivity contribution in [2.75, 3.05) is 31.1 Å². The van der Waals surface area contributed by atoms with Crippen molar-refractivity contribution in [1.29, 1.82) is 0 Å². The van der Waals surface area contributed by atoms with Crippen molar-refractivity contribution in [3.63, 3.8) is 0 Å². The Hall–Kier alpha value is -1.26. The molecule has 0 saturated carbocycles. The predicted molar refractivity (Wildman–Crippen MR) is 105 cm³/mol. The molecule has 0 aromatic heterocycles. The van der Waals surface area contributed by atoms with Gasteiger partial charge in [0.2, 0.25) is 0 Å². The summed E-state index contributed by atoms with van der Waals surface area (Å²) in [6.07, 6.45) is 1.22. The molecule has 2 aromatic rings. The molecule has 2 aromatic carbocycles. The molecule has 2 N–H and O–H groups in total. The number of hydrogen-bond acceptors (Lipinski definition) is 3. The number of nitrogens with one attached hydrogen (secondary N) is 2. The molecule has 3 aliphatic rings. The number of rotatable bonds is 1. The summed E-state index contributed by atoms with van der Waals surface area (Å²) in [7, 11) is 0. The van der Waals surface area contributed by atoms with E-state index in [4.69, 9.17) is 23.2 Å². The Bertz CT molecular complexity index is 836. The molecule has 3 nitrogen and oxygen atoms in total. The van der Waals surface area contributed by atoms with Gasteiger partial charge >= 0.3 is 0 Å². The molecule has 0 amide bonds. The van der Waals surface area contributed by atoms with Crippen LogP contribution in [0.15, 0.2) is 30.3 Å². The van der Waals surface area contributed by atoms with Crippen LogP contribution in [0.4, 0.5) is 5.69 Å². The molecule has 0 bridgehead atoms. The summed E-state index contributed by atoms with van der Waals surface area (Å²) in [4.78, 5) is 2.66. The Morgan fingerprint density at radius 1 is 1.04 bits per heavy atom. The molecular formula is C20H21Cl2N3. The Morgan fingerprint density at radius 2 is 1.96 bits per heavy atom. The van der Waals surface area contributed by atoms with Crippen LogP contribution in [0.3, 0.4) is 0 Å². The molecule has 0 radical (unpaired) electrons. The van der Waals surface area contributed by atoms with Crippen molar-refractivity contribution >= 4 is 28.9 Å². The third-order valence-electron chi connectivity index (χ3n) is 5.84. The maximum Gasteiger partial charge on any atom is 0.0499 e. The highest BCUT2D eigenvalue weighted by Gasteiger charge is 2.41. The second kappa shape index (κ2) is 6.17. The average Bonchev–Trinajstić information content (AvgIpc) is 2.77. The lowest BCUT2D eigenvalue weighted by atomic mass is 9.87. The minimum absolute atomic E-state index is 0.576. The van der Waals surface area contributed by atoms with Crippen LogP contribution in [0.25, 0.3) is 11.1 Å². The standard InChI is InChI=1S/C20H21Cl2N3/c21-14-1-2-15(18(22)9-14)12-7-13-10-24-5-6-25-19-3-4-23-11-17(19)16(8-12)20(13)25/h1-2,7-9,17,19,23-24H,3-6,10-11H2/t17-,19-/m0/s1. The van der Waals surface area contributed by atoms with Gasteiger partial charge in [0.15, 0.2) is 0 Å². The van der Waals surface area contributed by atoms with Crippen molar-refractivity contribution in [1.82, 2.24) is 10.6 Å². The zero-order valence-electron chi connectivity index (χ0n) is 14.0. The number of nitrogens with zero attached hydrogens (tertiary/aromatic N) is 1. The number of hydrogen-bond donors (Lipinski definition) is 2. The zero-order valence-corrected chi connectivity index (χ0v) is 15.5. The molecule has 130 valence electrons. The molecule has 0 spiro atoms. The Labute approximate surface area is 158 Å². The van der Waals surface area contributed by atoms with E-state index >= 15 is 0 Å². The van der Waals surface area contributed by atoms with Crippen LogP contribution in [-0.2, 0) is 6.54 Å². The molecule has 3 aliphatic heterocycles. The van der Waals surface area contributed by atoms with Crippen molar-refractivity contribution in [2.24, 2.45) is 0 Å². The first-order valence-corrected chi connectivity index (χ1v) is 9.78. The topological polar surface area (TPSA) is 27.3 Å². The monoisotopic (exact) mass is 373 g/mol. The quantitative estimate of drug-likeness (QED) is 0.789. The maximum absolute atomic E-state index is 6.50. The number of anilines is 1. The van der Waals surface area contributed by atoms with Crippen molar-refractivity contribution in [2.45, 2.75) is 24.9 Å². The first-order chi connectivity index (χ1) is 12.2. The highest BCUT2D eigenvalue weighted by Crippen LogP contribution is 2.48. The molecule has 5 heteroatoms. The number of fused-ring (bicyclic) bond motifs is 3. The van der Waals surface area contributed by atoms with Crippen LogP contribution in [0, 0.1) is 0 Å². The molecule has 5 rings (SSSR count). The van der Waals surface area contributed by atoms with Crippen LogP contribution in [0.2, 0.25) is 10.0 Å². The predicted octanol–water partition coefficient (Wildman–Crippen LogP) is 4.03. The number of benzene rings is 2. The summed E-state index contributed by atoms with van der Waals surface area (Å²) in [5, 5.41) is 8.57. The van der Waals surface area contributed by atoms with Crippen molar-refractivity contribution < 1.29 is 0 Å². The van der Waals surface area contributed by atoms with E-state index < -0.39 is 0 Å². The largest absolute Gasteiger partial charge is 0.366 e. The average molecular weight is 374 g/mol. The fraction of sp³-hybridized carbons (Fsp3) is 0.400. The molecular weight excluding hydrogens is 353 g/mol. The van der Waals surface area contributed by atoms with E-state index in [1.807, 2.05) is 18.2 Å². The Balaban J connectivity index is 1.69. The van der Waals surface area contributed by atoms with Crippen molar-refractivity contribution in [3.05, 3.63) is 51.5 Å². The van der Waals surface area contributed by atoms with E-state index in [1.54, 1.807) is 0 Å². The molecule has 1 saturated heterocycles. The lowest BCUT2D eigenvalue weighted by Crippen LogP contribution is -2.45. The molecule has 25 heavy (non-hydrogen) atoms. The van der Waals surface area contributed by atoms with E-state index in [0.717, 1.165) is 43.3 Å². The van der Waals surface area contributed by atoms with Gasteiger partial charge in [-0.25, -0.2) is 0 Å². The van der Waals surface area contributed by atoms with Crippen LogP contribution >= 0.6 is 23.2 Å². The maximum atomic E-state index is 6.50. The van der Waals surface area contributed by atoms with Gasteiger partial charge in [-0.15, -0.1) is 0 Å². The van der Waals surface area contributed by atoms with Gasteiger partial charge in [0.1, 0.15) is 0 Å². The van der Waals surface area contributed by atoms with Gasteiger partial charge in [0, 0.05) is 59.4 Å². The number of piperidine rings is 1. The van der Waals surface area contributed by atoms with Crippen LogP contribution in [0.1, 0.15) is 23.5 Å². The summed E-state index contributed by atoms with van der Waals surface area (Å²) in [6.45, 7) is 5.25. The number of halogens is 2. The van der Waals surface area contributed by atoms with Gasteiger partial charge in [-0.1, -0.05) is 29.3 Å². The SMILES string of the molecule is Clc1ccc(-c2cc3c4c(c2)[C@@H]2CNCC[C@@H]2N4CCNC3)c(Cl)c1. The molecule has 0 unspecified atom stereocenters. The van der Waals surface area contributed by atoms with Gasteiger partial charge in [-0.2, -0.15) is 0 Å². The Kier molecular flexibility index (Phi) is 3.94. The van der Waals surface area contributed by atoms with Gasteiger partial charge < -0.3 is 15.5 Å². The highest BCUT2D eigenvalue weighted by atomic mass is 35.5. The molecule has 3 heterocycles. The van der Waals surface area contributed by atoms with E-state index in [1.165, 1.54) is 28.8 Å². The minimum Gasteiger partial charge on any atom is -0.366 e. The third kappa shape index (κ3) is 2.57. The third-order valence-corrected chi connectivity index (χ3v) is 6.39. The fourth-order valence-corrected chi connectivity index (χ4v) is 5.28. The highest BCUT2D eigenvalue weighted by molar-refractivity contribution is 6.36. The van der Waals surface area contributed by atoms with Crippen molar-refractivity contribution in [3.8, 4) is 11.1 Å². The minimum atomic E-state index is 0.576. The lowest BCUT2D eigenvalue weighted by Gasteiger charge is -2.33. The van der Waals surface area contributed by atoms with Crippen LogP contribution in [-0.4, -0.2) is 32.2 Å². The summed E-state index contributed by atoms with van der Waals surface area (Å²) in [5.41, 5.74) is 6.61. The van der Waals surface area contributed by atoms with Crippen LogP contribution < -0.4 is 15.5 Å². The molecule has 2 atom stereocenters. The van der Waals surface area contributed by atoms with Crippen LogP contribution in [0.5, 0.6) is 0 Å². The summed E-state index contributed by atoms with van der Waals surface area (Å²) in [6, 6.07) is 11.1. The van der Waals surface area contributed by atoms with E-state index in [-0.39, 0.29) is 0 Å². The van der Waals surface area contributed by atoms with Gasteiger partial charge in [-0.3, -0.25) is 0 Å². The summed E-state index contributed by atoms with van der Waals surface area (Å²) in [5.74, 6) is 0.576. The second-order valence-electron chi connectivity index (χ2n) is 7.23. The van der Waals surface area contributed by atoms with E-state index in [0.29, 0.717) is 17.0 Å². The smallest absolute Gasteiger partial charge is 0.0499 e. The van der Waals surface area contributed by atoms with E-state index in [9.17, 15) is 0 Å². The first-order valence-electron chi connectivity index (χ1n) is 9.03. The van der Waals surface area contributed by atoms with Gasteiger partial charge in [-0.05, 0) is 53.9 Å².